The highest BCUT2D eigenvalue weighted by atomic mass is 32.2. The normalized spacial score (nSPS) is 17.0. The largest absolute Gasteiger partial charge is 0.366 e. The van der Waals surface area contributed by atoms with Crippen molar-refractivity contribution < 1.29 is 13.2 Å². The van der Waals surface area contributed by atoms with Crippen LogP contribution in [-0.2, 0) is 14.8 Å². The fraction of sp³-hybridized carbons (Fsp3) is 0.316. The van der Waals surface area contributed by atoms with Crippen LogP contribution in [0.5, 0.6) is 0 Å². The van der Waals surface area contributed by atoms with Crippen molar-refractivity contribution in [2.45, 2.75) is 31.7 Å². The van der Waals surface area contributed by atoms with Crippen LogP contribution in [0.4, 0.5) is 17.1 Å². The molecule has 1 aliphatic heterocycles. The summed E-state index contributed by atoms with van der Waals surface area (Å²) in [5.41, 5.74) is 2.19. The summed E-state index contributed by atoms with van der Waals surface area (Å²) in [4.78, 5) is 13.5. The predicted octanol–water partition coefficient (Wildman–Crippen LogP) is 3.07. The van der Waals surface area contributed by atoms with E-state index in [4.69, 9.17) is 0 Å². The Morgan fingerprint density at radius 2 is 1.73 bits per heavy atom. The maximum absolute atomic E-state index is 13.2. The van der Waals surface area contributed by atoms with E-state index < -0.39 is 10.0 Å². The van der Waals surface area contributed by atoms with Crippen LogP contribution in [0.15, 0.2) is 53.4 Å². The molecule has 0 saturated carbocycles. The Kier molecular flexibility index (Phi) is 4.91. The number of nitrogens with zero attached hydrogens (tertiary/aromatic N) is 2. The number of hydrogen-bond donors (Lipinski definition) is 1. The highest BCUT2D eigenvalue weighted by Gasteiger charge is 2.34. The Morgan fingerprint density at radius 3 is 2.31 bits per heavy atom. The number of hydrogen-bond acceptors (Lipinski definition) is 4. The molecule has 0 saturated heterocycles. The van der Waals surface area contributed by atoms with Crippen LogP contribution in [-0.4, -0.2) is 33.5 Å². The minimum absolute atomic E-state index is 0.0725. The summed E-state index contributed by atoms with van der Waals surface area (Å²) in [6.07, 6.45) is 0. The lowest BCUT2D eigenvalue weighted by molar-refractivity contribution is -0.114. The number of nitrogens with one attached hydrogen (secondary N) is 1. The summed E-state index contributed by atoms with van der Waals surface area (Å²) in [7, 11) is -3.69. The smallest absolute Gasteiger partial charge is 0.264 e. The second-order valence-corrected chi connectivity index (χ2v) is 8.23. The van der Waals surface area contributed by atoms with Crippen LogP contribution in [0.1, 0.15) is 20.8 Å². The number of sulfonamides is 1. The second-order valence-electron chi connectivity index (χ2n) is 6.37. The molecule has 0 aliphatic carbocycles. The number of rotatable bonds is 4. The molecular formula is C19H23N3O3S. The maximum Gasteiger partial charge on any atom is 0.264 e. The monoisotopic (exact) mass is 373 g/mol. The average Bonchev–Trinajstić information content (AvgIpc) is 2.61. The lowest BCUT2D eigenvalue weighted by Gasteiger charge is -2.42. The third-order valence-corrected chi connectivity index (χ3v) is 6.32. The third-order valence-electron chi connectivity index (χ3n) is 4.53. The fourth-order valence-electron chi connectivity index (χ4n) is 3.34. The van der Waals surface area contributed by atoms with Crippen molar-refractivity contribution in [2.24, 2.45) is 0 Å². The van der Waals surface area contributed by atoms with Gasteiger partial charge in [-0.25, -0.2) is 8.42 Å². The van der Waals surface area contributed by atoms with E-state index in [1.165, 1.54) is 23.4 Å². The Morgan fingerprint density at radius 1 is 1.12 bits per heavy atom. The van der Waals surface area contributed by atoms with Gasteiger partial charge in [0.05, 0.1) is 22.8 Å². The standard InChI is InChI=1S/C19H23N3O3S/c1-4-21-14(2)13-22(19-8-6-5-7-18(19)21)26(24,25)17-11-9-16(10-12-17)20-15(3)23/h5-12,14H,4,13H2,1-3H3,(H,20,23). The first-order valence-corrected chi connectivity index (χ1v) is 10.0. The summed E-state index contributed by atoms with van der Waals surface area (Å²) in [5.74, 6) is -0.195. The maximum atomic E-state index is 13.2. The van der Waals surface area contributed by atoms with Crippen molar-refractivity contribution in [1.82, 2.24) is 0 Å². The molecule has 2 aromatic carbocycles. The van der Waals surface area contributed by atoms with Gasteiger partial charge in [-0.05, 0) is 50.2 Å². The first kappa shape index (κ1) is 18.3. The molecule has 3 rings (SSSR count). The highest BCUT2D eigenvalue weighted by molar-refractivity contribution is 7.92. The number of para-hydroxylation sites is 2. The fourth-order valence-corrected chi connectivity index (χ4v) is 4.90. The molecule has 1 heterocycles. The third kappa shape index (κ3) is 3.26. The molecule has 1 unspecified atom stereocenters. The Hall–Kier alpha value is -2.54. The SMILES string of the molecule is CCN1c2ccccc2N(S(=O)(=O)c2ccc(NC(C)=O)cc2)CC1C. The van der Waals surface area contributed by atoms with Crippen molar-refractivity contribution in [3.8, 4) is 0 Å². The molecular weight excluding hydrogens is 350 g/mol. The van der Waals surface area contributed by atoms with Crippen molar-refractivity contribution in [3.05, 3.63) is 48.5 Å². The van der Waals surface area contributed by atoms with E-state index in [0.29, 0.717) is 17.9 Å². The minimum Gasteiger partial charge on any atom is -0.366 e. The van der Waals surface area contributed by atoms with E-state index in [2.05, 4.69) is 17.1 Å². The van der Waals surface area contributed by atoms with Gasteiger partial charge in [0.15, 0.2) is 0 Å². The van der Waals surface area contributed by atoms with Crippen LogP contribution in [0.2, 0.25) is 0 Å². The van der Waals surface area contributed by atoms with Gasteiger partial charge in [0, 0.05) is 25.2 Å². The lowest BCUT2D eigenvalue weighted by atomic mass is 10.1. The molecule has 2 aromatic rings. The van der Waals surface area contributed by atoms with Crippen LogP contribution in [0, 0.1) is 0 Å². The van der Waals surface area contributed by atoms with Gasteiger partial charge in [0.25, 0.3) is 10.0 Å². The van der Waals surface area contributed by atoms with Crippen molar-refractivity contribution in [3.63, 3.8) is 0 Å². The van der Waals surface area contributed by atoms with Gasteiger partial charge in [0.2, 0.25) is 5.91 Å². The highest BCUT2D eigenvalue weighted by Crippen LogP contribution is 2.38. The first-order valence-electron chi connectivity index (χ1n) is 8.60. The molecule has 0 fully saturated rings. The summed E-state index contributed by atoms with van der Waals surface area (Å²) < 4.78 is 28.0. The zero-order chi connectivity index (χ0) is 18.9. The molecule has 0 radical (unpaired) electrons. The van der Waals surface area contributed by atoms with Crippen molar-refractivity contribution in [2.75, 3.05) is 27.6 Å². The number of amides is 1. The summed E-state index contributed by atoms with van der Waals surface area (Å²) in [6.45, 7) is 6.72. The topological polar surface area (TPSA) is 69.7 Å². The van der Waals surface area contributed by atoms with Crippen LogP contribution in [0.25, 0.3) is 0 Å². The summed E-state index contributed by atoms with van der Waals surface area (Å²) in [6, 6.07) is 13.9. The molecule has 6 nitrogen and oxygen atoms in total. The van der Waals surface area contributed by atoms with Gasteiger partial charge in [0.1, 0.15) is 0 Å². The van der Waals surface area contributed by atoms with E-state index >= 15 is 0 Å². The molecule has 1 atom stereocenters. The molecule has 0 aromatic heterocycles. The van der Waals surface area contributed by atoms with Gasteiger partial charge < -0.3 is 10.2 Å². The average molecular weight is 373 g/mol. The van der Waals surface area contributed by atoms with Gasteiger partial charge in [-0.1, -0.05) is 12.1 Å². The number of anilines is 3. The van der Waals surface area contributed by atoms with E-state index in [-0.39, 0.29) is 16.8 Å². The molecule has 0 bridgehead atoms. The van der Waals surface area contributed by atoms with E-state index in [0.717, 1.165) is 12.2 Å². The first-order chi connectivity index (χ1) is 12.3. The van der Waals surface area contributed by atoms with Gasteiger partial charge >= 0.3 is 0 Å². The molecule has 26 heavy (non-hydrogen) atoms. The predicted molar refractivity (Wildman–Crippen MR) is 104 cm³/mol. The quantitative estimate of drug-likeness (QED) is 0.894. The van der Waals surface area contributed by atoms with Crippen LogP contribution < -0.4 is 14.5 Å². The number of carbonyl (C=O) groups is 1. The molecule has 138 valence electrons. The molecule has 1 N–H and O–H groups in total. The molecule has 1 aliphatic rings. The van der Waals surface area contributed by atoms with Crippen molar-refractivity contribution >= 4 is 33.0 Å². The van der Waals surface area contributed by atoms with E-state index in [9.17, 15) is 13.2 Å². The zero-order valence-corrected chi connectivity index (χ0v) is 16.0. The molecule has 1 amide bonds. The Bertz CT molecular complexity index is 910. The van der Waals surface area contributed by atoms with E-state index in [1.807, 2.05) is 31.2 Å². The lowest BCUT2D eigenvalue weighted by Crippen LogP contribution is -2.49. The molecule has 7 heteroatoms. The number of carbonyl (C=O) groups excluding carboxylic acids is 1. The van der Waals surface area contributed by atoms with E-state index in [1.54, 1.807) is 12.1 Å². The minimum atomic E-state index is -3.69. The van der Waals surface area contributed by atoms with Crippen LogP contribution >= 0.6 is 0 Å². The van der Waals surface area contributed by atoms with Crippen LogP contribution in [0.3, 0.4) is 0 Å². The summed E-state index contributed by atoms with van der Waals surface area (Å²) in [5, 5.41) is 2.65. The molecule has 0 spiro atoms. The van der Waals surface area contributed by atoms with Gasteiger partial charge in [-0.15, -0.1) is 0 Å². The number of likely N-dealkylation sites (N-methyl/N-ethyl adjacent to an activating group) is 1. The zero-order valence-electron chi connectivity index (χ0n) is 15.1. The van der Waals surface area contributed by atoms with Crippen molar-refractivity contribution in [1.29, 1.82) is 0 Å². The number of fused-ring (bicyclic) bond motifs is 1. The Balaban J connectivity index is 2.00. The summed E-state index contributed by atoms with van der Waals surface area (Å²) >= 11 is 0. The second kappa shape index (κ2) is 6.99. The van der Waals surface area contributed by atoms with Gasteiger partial charge in [-0.2, -0.15) is 0 Å². The Labute approximate surface area is 154 Å². The van der Waals surface area contributed by atoms with Gasteiger partial charge in [-0.3, -0.25) is 9.10 Å². The number of benzene rings is 2.